The monoisotopic (exact) mass is 399 g/mol. The van der Waals surface area contributed by atoms with Crippen LogP contribution in [-0.4, -0.2) is 72.0 Å². The van der Waals surface area contributed by atoms with Crippen LogP contribution in [0.15, 0.2) is 24.3 Å². The van der Waals surface area contributed by atoms with Crippen LogP contribution in [0.5, 0.6) is 5.75 Å². The van der Waals surface area contributed by atoms with Gasteiger partial charge in [-0.25, -0.2) is 0 Å². The summed E-state index contributed by atoms with van der Waals surface area (Å²) in [7, 11) is 1.71. The smallest absolute Gasteiger partial charge is 0.225 e. The molecule has 5 nitrogen and oxygen atoms in total. The van der Waals surface area contributed by atoms with Gasteiger partial charge in [-0.05, 0) is 44.4 Å². The summed E-state index contributed by atoms with van der Waals surface area (Å²) < 4.78 is 5.29. The molecule has 0 N–H and O–H groups in total. The quantitative estimate of drug-likeness (QED) is 0.778. The van der Waals surface area contributed by atoms with Gasteiger partial charge in [-0.2, -0.15) is 0 Å². The maximum absolute atomic E-state index is 13.1. The summed E-state index contributed by atoms with van der Waals surface area (Å²) in [6, 6.07) is 8.85. The molecule has 0 radical (unpaired) electrons. The van der Waals surface area contributed by atoms with Crippen molar-refractivity contribution in [2.45, 2.75) is 64.1 Å². The van der Waals surface area contributed by atoms with Crippen LogP contribution in [0.25, 0.3) is 0 Å². The fraction of sp³-hybridized carbons (Fsp3) is 0.708. The van der Waals surface area contributed by atoms with Gasteiger partial charge in [0.15, 0.2) is 0 Å². The lowest BCUT2D eigenvalue weighted by molar-refractivity contribution is -0.144. The zero-order valence-corrected chi connectivity index (χ0v) is 18.4. The molecule has 29 heavy (non-hydrogen) atoms. The zero-order chi connectivity index (χ0) is 20.4. The van der Waals surface area contributed by atoms with Crippen molar-refractivity contribution in [2.75, 3.05) is 39.8 Å². The lowest BCUT2D eigenvalue weighted by atomic mass is 9.87. The lowest BCUT2D eigenvalue weighted by Crippen LogP contribution is -2.70. The second kappa shape index (κ2) is 8.65. The molecular formula is C24H37N3O2. The fourth-order valence-electron chi connectivity index (χ4n) is 5.73. The molecule has 3 fully saturated rings. The summed E-state index contributed by atoms with van der Waals surface area (Å²) in [6.07, 6.45) is 5.94. The van der Waals surface area contributed by atoms with Gasteiger partial charge in [0.2, 0.25) is 5.91 Å². The van der Waals surface area contributed by atoms with Crippen LogP contribution in [0, 0.1) is 5.92 Å². The minimum atomic E-state index is 0.134. The highest BCUT2D eigenvalue weighted by molar-refractivity contribution is 5.79. The maximum Gasteiger partial charge on any atom is 0.225 e. The molecule has 1 aromatic rings. The highest BCUT2D eigenvalue weighted by atomic mass is 16.5. The first-order chi connectivity index (χ1) is 14.0. The Morgan fingerprint density at radius 3 is 2.48 bits per heavy atom. The summed E-state index contributed by atoms with van der Waals surface area (Å²) in [5, 5.41) is 0. The van der Waals surface area contributed by atoms with Gasteiger partial charge in [-0.3, -0.25) is 14.6 Å². The van der Waals surface area contributed by atoms with Gasteiger partial charge < -0.3 is 9.64 Å². The SMILES string of the molecule is COc1ccc(CN2CC3CN(C(=O)C4CCCCC4)CCN3C(C)(C)C2)cc1. The first-order valence-corrected chi connectivity index (χ1v) is 11.4. The summed E-state index contributed by atoms with van der Waals surface area (Å²) in [6.45, 7) is 10.6. The van der Waals surface area contributed by atoms with E-state index in [-0.39, 0.29) is 11.5 Å². The number of rotatable bonds is 4. The molecule has 3 aliphatic rings. The average molecular weight is 400 g/mol. The highest BCUT2D eigenvalue weighted by Crippen LogP contribution is 2.31. The zero-order valence-electron chi connectivity index (χ0n) is 18.4. The number of fused-ring (bicyclic) bond motifs is 1. The van der Waals surface area contributed by atoms with Gasteiger partial charge in [0.25, 0.3) is 0 Å². The number of benzene rings is 1. The van der Waals surface area contributed by atoms with Crippen LogP contribution in [0.1, 0.15) is 51.5 Å². The van der Waals surface area contributed by atoms with Gasteiger partial charge in [0.05, 0.1) is 7.11 Å². The molecule has 1 aliphatic carbocycles. The van der Waals surface area contributed by atoms with Gasteiger partial charge in [-0.1, -0.05) is 31.4 Å². The summed E-state index contributed by atoms with van der Waals surface area (Å²) in [4.78, 5) is 20.5. The van der Waals surface area contributed by atoms with E-state index in [1.807, 2.05) is 12.1 Å². The van der Waals surface area contributed by atoms with Crippen molar-refractivity contribution < 1.29 is 9.53 Å². The third-order valence-electron chi connectivity index (χ3n) is 7.17. The lowest BCUT2D eigenvalue weighted by Gasteiger charge is -2.56. The third kappa shape index (κ3) is 4.61. The number of piperazine rings is 2. The molecule has 0 aromatic heterocycles. The Balaban J connectivity index is 1.41. The molecule has 0 bridgehead atoms. The first kappa shape index (κ1) is 20.7. The van der Waals surface area contributed by atoms with E-state index in [0.29, 0.717) is 11.9 Å². The molecule has 160 valence electrons. The number of amides is 1. The number of carbonyl (C=O) groups excluding carboxylic acids is 1. The predicted octanol–water partition coefficient (Wildman–Crippen LogP) is 3.38. The van der Waals surface area contributed by atoms with Crippen molar-refractivity contribution in [1.82, 2.24) is 14.7 Å². The third-order valence-corrected chi connectivity index (χ3v) is 7.17. The van der Waals surface area contributed by atoms with Crippen molar-refractivity contribution >= 4 is 5.91 Å². The van der Waals surface area contributed by atoms with E-state index in [4.69, 9.17) is 4.74 Å². The van der Waals surface area contributed by atoms with Crippen LogP contribution in [-0.2, 0) is 11.3 Å². The summed E-state index contributed by atoms with van der Waals surface area (Å²) >= 11 is 0. The normalized spacial score (nSPS) is 26.2. The van der Waals surface area contributed by atoms with Crippen molar-refractivity contribution in [3.05, 3.63) is 29.8 Å². The van der Waals surface area contributed by atoms with E-state index in [9.17, 15) is 4.79 Å². The molecule has 4 rings (SSSR count). The number of methoxy groups -OCH3 is 1. The van der Waals surface area contributed by atoms with E-state index in [1.54, 1.807) is 7.11 Å². The summed E-state index contributed by atoms with van der Waals surface area (Å²) in [5.74, 6) is 1.61. The minimum Gasteiger partial charge on any atom is -0.497 e. The van der Waals surface area contributed by atoms with E-state index >= 15 is 0 Å². The van der Waals surface area contributed by atoms with Crippen molar-refractivity contribution in [2.24, 2.45) is 5.92 Å². The molecule has 1 saturated carbocycles. The second-order valence-electron chi connectivity index (χ2n) is 9.80. The van der Waals surface area contributed by atoms with Gasteiger partial charge in [-0.15, -0.1) is 0 Å². The minimum absolute atomic E-state index is 0.134. The number of nitrogens with zero attached hydrogens (tertiary/aromatic N) is 3. The van der Waals surface area contributed by atoms with E-state index < -0.39 is 0 Å². The Kier molecular flexibility index (Phi) is 6.16. The van der Waals surface area contributed by atoms with E-state index in [1.165, 1.54) is 24.8 Å². The van der Waals surface area contributed by atoms with Crippen LogP contribution in [0.3, 0.4) is 0 Å². The van der Waals surface area contributed by atoms with Gasteiger partial charge in [0.1, 0.15) is 5.75 Å². The molecule has 1 unspecified atom stereocenters. The fourth-order valence-corrected chi connectivity index (χ4v) is 5.73. The molecule has 1 amide bonds. The van der Waals surface area contributed by atoms with Crippen molar-refractivity contribution in [3.8, 4) is 5.75 Å². The molecule has 2 saturated heterocycles. The average Bonchev–Trinajstić information content (AvgIpc) is 2.73. The Bertz CT molecular complexity index is 697. The van der Waals surface area contributed by atoms with Gasteiger partial charge >= 0.3 is 0 Å². The van der Waals surface area contributed by atoms with Crippen molar-refractivity contribution in [1.29, 1.82) is 0 Å². The summed E-state index contributed by atoms with van der Waals surface area (Å²) in [5.41, 5.74) is 1.45. The highest BCUT2D eigenvalue weighted by Gasteiger charge is 2.43. The standard InChI is InChI=1S/C24H37N3O2/c1-24(2)18-25(15-19-9-11-22(29-3)12-10-19)16-21-17-26(13-14-27(21)24)23(28)20-7-5-4-6-8-20/h9-12,20-21H,4-8,13-18H2,1-3H3. The van der Waals surface area contributed by atoms with Crippen LogP contribution < -0.4 is 4.74 Å². The molecule has 0 spiro atoms. The topological polar surface area (TPSA) is 36.0 Å². The Labute approximate surface area is 176 Å². The maximum atomic E-state index is 13.1. The van der Waals surface area contributed by atoms with Crippen LogP contribution >= 0.6 is 0 Å². The number of hydrogen-bond donors (Lipinski definition) is 0. The van der Waals surface area contributed by atoms with Crippen LogP contribution in [0.4, 0.5) is 0 Å². The molecule has 2 aliphatic heterocycles. The van der Waals surface area contributed by atoms with Crippen molar-refractivity contribution in [3.63, 3.8) is 0 Å². The number of ether oxygens (including phenoxy) is 1. The Morgan fingerprint density at radius 1 is 1.07 bits per heavy atom. The van der Waals surface area contributed by atoms with E-state index in [2.05, 4.69) is 40.7 Å². The first-order valence-electron chi connectivity index (χ1n) is 11.4. The Morgan fingerprint density at radius 2 is 1.79 bits per heavy atom. The molecule has 1 aromatic carbocycles. The number of hydrogen-bond acceptors (Lipinski definition) is 4. The van der Waals surface area contributed by atoms with Crippen LogP contribution in [0.2, 0.25) is 0 Å². The second-order valence-corrected chi connectivity index (χ2v) is 9.80. The largest absolute Gasteiger partial charge is 0.497 e. The predicted molar refractivity (Wildman–Crippen MR) is 116 cm³/mol. The molecular weight excluding hydrogens is 362 g/mol. The molecule has 5 heteroatoms. The van der Waals surface area contributed by atoms with Gasteiger partial charge in [0, 0.05) is 56.8 Å². The molecule has 2 heterocycles. The van der Waals surface area contributed by atoms with E-state index in [0.717, 1.165) is 57.9 Å². The Hall–Kier alpha value is -1.59. The number of carbonyl (C=O) groups is 1. The molecule has 1 atom stereocenters.